The molecule has 0 radical (unpaired) electrons. The largest absolute Gasteiger partial charge is 0.344 e. The second-order valence-electron chi connectivity index (χ2n) is 7.72. The van der Waals surface area contributed by atoms with Crippen LogP contribution in [0, 0.1) is 5.41 Å². The van der Waals surface area contributed by atoms with E-state index in [0.29, 0.717) is 6.42 Å². The molecular weight excluding hydrogens is 344 g/mol. The molecule has 2 aliphatic rings. The lowest BCUT2D eigenvalue weighted by Crippen LogP contribution is -2.48. The summed E-state index contributed by atoms with van der Waals surface area (Å²) in [5.74, 6) is -1.13. The quantitative estimate of drug-likeness (QED) is 0.777. The molecule has 0 aromatic heterocycles. The van der Waals surface area contributed by atoms with Crippen molar-refractivity contribution in [2.24, 2.45) is 5.41 Å². The summed E-state index contributed by atoms with van der Waals surface area (Å²) in [6, 6.07) is 8.75. The predicted molar refractivity (Wildman–Crippen MR) is 99.6 cm³/mol. The molecule has 2 fully saturated rings. The molecule has 1 atom stereocenters. The van der Waals surface area contributed by atoms with Crippen LogP contribution in [0.4, 0.5) is 0 Å². The Morgan fingerprint density at radius 2 is 1.78 bits per heavy atom. The number of carbonyl (C=O) groups is 4. The van der Waals surface area contributed by atoms with E-state index >= 15 is 0 Å². The number of rotatable bonds is 6. The SMILES string of the molecule is CC(=O)[C@@H](Cc1ccccc1)NC(=O)CN1C(=O)CC2(CCCCC2)C1=O. The van der Waals surface area contributed by atoms with E-state index < -0.39 is 17.4 Å². The summed E-state index contributed by atoms with van der Waals surface area (Å²) >= 11 is 0. The van der Waals surface area contributed by atoms with Gasteiger partial charge in [-0.05, 0) is 31.7 Å². The maximum absolute atomic E-state index is 12.8. The van der Waals surface area contributed by atoms with Crippen molar-refractivity contribution in [3.63, 3.8) is 0 Å². The van der Waals surface area contributed by atoms with Crippen LogP contribution in [-0.2, 0) is 25.6 Å². The van der Waals surface area contributed by atoms with Crippen LogP contribution >= 0.6 is 0 Å². The highest BCUT2D eigenvalue weighted by Gasteiger charge is 2.51. The van der Waals surface area contributed by atoms with Gasteiger partial charge in [-0.1, -0.05) is 49.6 Å². The molecule has 1 aliphatic heterocycles. The fourth-order valence-corrected chi connectivity index (χ4v) is 4.17. The number of carbonyl (C=O) groups excluding carboxylic acids is 4. The molecule has 27 heavy (non-hydrogen) atoms. The number of nitrogens with zero attached hydrogens (tertiary/aromatic N) is 1. The van der Waals surface area contributed by atoms with Gasteiger partial charge in [0.1, 0.15) is 6.54 Å². The number of nitrogens with one attached hydrogen (secondary N) is 1. The Morgan fingerprint density at radius 3 is 2.41 bits per heavy atom. The predicted octanol–water partition coefficient (Wildman–Crippen LogP) is 2.01. The third kappa shape index (κ3) is 4.26. The van der Waals surface area contributed by atoms with Crippen LogP contribution in [0.5, 0.6) is 0 Å². The van der Waals surface area contributed by atoms with E-state index in [1.165, 1.54) is 6.92 Å². The second-order valence-corrected chi connectivity index (χ2v) is 7.72. The molecule has 6 nitrogen and oxygen atoms in total. The zero-order valence-corrected chi connectivity index (χ0v) is 15.7. The van der Waals surface area contributed by atoms with Crippen LogP contribution in [0.1, 0.15) is 51.0 Å². The molecule has 0 unspecified atom stereocenters. The van der Waals surface area contributed by atoms with Gasteiger partial charge >= 0.3 is 0 Å². The highest BCUT2D eigenvalue weighted by Crippen LogP contribution is 2.45. The summed E-state index contributed by atoms with van der Waals surface area (Å²) in [5, 5.41) is 2.69. The molecule has 1 aromatic carbocycles. The minimum absolute atomic E-state index is 0.157. The summed E-state index contributed by atoms with van der Waals surface area (Å²) in [7, 11) is 0. The normalized spacial score (nSPS) is 20.0. The van der Waals surface area contributed by atoms with Gasteiger partial charge in [-0.2, -0.15) is 0 Å². The van der Waals surface area contributed by atoms with E-state index in [9.17, 15) is 19.2 Å². The zero-order chi connectivity index (χ0) is 19.4. The number of imide groups is 1. The minimum atomic E-state index is -0.670. The fraction of sp³-hybridized carbons (Fsp3) is 0.524. The molecule has 3 amide bonds. The van der Waals surface area contributed by atoms with Gasteiger partial charge in [0.05, 0.1) is 11.5 Å². The Balaban J connectivity index is 1.62. The first kappa shape index (κ1) is 19.3. The third-order valence-corrected chi connectivity index (χ3v) is 5.71. The number of hydrogen-bond donors (Lipinski definition) is 1. The lowest BCUT2D eigenvalue weighted by atomic mass is 9.73. The van der Waals surface area contributed by atoms with Crippen molar-refractivity contribution in [1.29, 1.82) is 0 Å². The number of likely N-dealkylation sites (tertiary alicyclic amines) is 1. The molecule has 1 spiro atoms. The van der Waals surface area contributed by atoms with Crippen molar-refractivity contribution in [2.45, 2.75) is 57.9 Å². The lowest BCUT2D eigenvalue weighted by molar-refractivity contribution is -0.145. The standard InChI is InChI=1S/C21H26N2O4/c1-15(24)17(12-16-8-4-2-5-9-16)22-18(25)14-23-19(26)13-21(20(23)27)10-6-3-7-11-21/h2,4-5,8-9,17H,3,6-7,10-14H2,1H3,(H,22,25)/t17-/m1/s1. The fourth-order valence-electron chi connectivity index (χ4n) is 4.17. The number of hydrogen-bond acceptors (Lipinski definition) is 4. The van der Waals surface area contributed by atoms with E-state index in [2.05, 4.69) is 5.32 Å². The maximum Gasteiger partial charge on any atom is 0.240 e. The molecular formula is C21H26N2O4. The van der Waals surface area contributed by atoms with E-state index in [-0.39, 0.29) is 30.6 Å². The first-order valence-electron chi connectivity index (χ1n) is 9.60. The second kappa shape index (κ2) is 8.03. The van der Waals surface area contributed by atoms with Crippen LogP contribution < -0.4 is 5.32 Å². The van der Waals surface area contributed by atoms with Crippen LogP contribution in [0.15, 0.2) is 30.3 Å². The smallest absolute Gasteiger partial charge is 0.240 e. The summed E-state index contributed by atoms with van der Waals surface area (Å²) in [5.41, 5.74) is 0.340. The van der Waals surface area contributed by atoms with Crippen molar-refractivity contribution in [3.8, 4) is 0 Å². The first-order chi connectivity index (χ1) is 12.9. The molecule has 1 aromatic rings. The summed E-state index contributed by atoms with van der Waals surface area (Å²) < 4.78 is 0. The first-order valence-corrected chi connectivity index (χ1v) is 9.60. The van der Waals surface area contributed by atoms with Gasteiger partial charge in [0.2, 0.25) is 17.7 Å². The third-order valence-electron chi connectivity index (χ3n) is 5.71. The van der Waals surface area contributed by atoms with Gasteiger partial charge in [0.15, 0.2) is 5.78 Å². The van der Waals surface area contributed by atoms with Gasteiger partial charge < -0.3 is 5.32 Å². The molecule has 1 saturated carbocycles. The summed E-state index contributed by atoms with van der Waals surface area (Å²) in [4.78, 5) is 50.6. The minimum Gasteiger partial charge on any atom is -0.344 e. The molecule has 1 aliphatic carbocycles. The van der Waals surface area contributed by atoms with Crippen LogP contribution in [0.25, 0.3) is 0 Å². The molecule has 1 saturated heterocycles. The van der Waals surface area contributed by atoms with Gasteiger partial charge in [-0.25, -0.2) is 0 Å². The van der Waals surface area contributed by atoms with Gasteiger partial charge in [0, 0.05) is 6.42 Å². The van der Waals surface area contributed by atoms with E-state index in [4.69, 9.17) is 0 Å². The summed E-state index contributed by atoms with van der Waals surface area (Å²) in [6.45, 7) is 1.12. The van der Waals surface area contributed by atoms with Crippen LogP contribution in [0.3, 0.4) is 0 Å². The number of amides is 3. The highest BCUT2D eigenvalue weighted by atomic mass is 16.2. The molecule has 1 heterocycles. The van der Waals surface area contributed by atoms with Crippen molar-refractivity contribution in [2.75, 3.05) is 6.54 Å². The number of Topliss-reactive ketones (excluding diaryl/α,β-unsaturated/α-hetero) is 1. The van der Waals surface area contributed by atoms with Crippen molar-refractivity contribution in [3.05, 3.63) is 35.9 Å². The zero-order valence-electron chi connectivity index (χ0n) is 15.7. The lowest BCUT2D eigenvalue weighted by Gasteiger charge is -2.30. The van der Waals surface area contributed by atoms with E-state index in [1.807, 2.05) is 30.3 Å². The maximum atomic E-state index is 12.8. The Hall–Kier alpha value is -2.50. The topological polar surface area (TPSA) is 83.6 Å². The van der Waals surface area contributed by atoms with E-state index in [0.717, 1.165) is 42.6 Å². The van der Waals surface area contributed by atoms with E-state index in [1.54, 1.807) is 0 Å². The Morgan fingerprint density at radius 1 is 1.11 bits per heavy atom. The van der Waals surface area contributed by atoms with Crippen molar-refractivity contribution < 1.29 is 19.2 Å². The number of benzene rings is 1. The average Bonchev–Trinajstić information content (AvgIpc) is 2.86. The monoisotopic (exact) mass is 370 g/mol. The van der Waals surface area contributed by atoms with Crippen LogP contribution in [0.2, 0.25) is 0 Å². The molecule has 0 bridgehead atoms. The Bertz CT molecular complexity index is 738. The van der Waals surface area contributed by atoms with Gasteiger partial charge in [-0.15, -0.1) is 0 Å². The number of ketones is 1. The molecule has 1 N–H and O–H groups in total. The van der Waals surface area contributed by atoms with Crippen LogP contribution in [-0.4, -0.2) is 41.0 Å². The average molecular weight is 370 g/mol. The molecule has 3 rings (SSSR count). The Kier molecular flexibility index (Phi) is 5.73. The van der Waals surface area contributed by atoms with Gasteiger partial charge in [0.25, 0.3) is 0 Å². The molecule has 144 valence electrons. The highest BCUT2D eigenvalue weighted by molar-refractivity contribution is 6.08. The summed E-state index contributed by atoms with van der Waals surface area (Å²) in [6.07, 6.45) is 5.01. The Labute approximate surface area is 159 Å². The van der Waals surface area contributed by atoms with Crippen molar-refractivity contribution in [1.82, 2.24) is 10.2 Å². The van der Waals surface area contributed by atoms with Crippen molar-refractivity contribution >= 4 is 23.5 Å². The van der Waals surface area contributed by atoms with Gasteiger partial charge in [-0.3, -0.25) is 24.1 Å². The molecule has 6 heteroatoms.